The quantitative estimate of drug-likeness (QED) is 0.611. The first kappa shape index (κ1) is 20.9. The number of hydrogen-bond acceptors (Lipinski definition) is 4. The minimum Gasteiger partial charge on any atom is -0.467 e. The molecule has 0 radical (unpaired) electrons. The molecule has 1 N–H and O–H groups in total. The van der Waals surface area contributed by atoms with E-state index in [9.17, 15) is 13.2 Å². The van der Waals surface area contributed by atoms with Crippen LogP contribution in [0.4, 0.5) is 5.82 Å². The first-order chi connectivity index (χ1) is 13.8. The van der Waals surface area contributed by atoms with Gasteiger partial charge in [0.1, 0.15) is 16.5 Å². The molecule has 6 nitrogen and oxygen atoms in total. The number of hydrogen-bond donors (Lipinski definition) is 1. The van der Waals surface area contributed by atoms with Gasteiger partial charge in [0.15, 0.2) is 0 Å². The number of nitrogens with zero attached hydrogens (tertiary/aromatic N) is 1. The highest BCUT2D eigenvalue weighted by molar-refractivity contribution is 7.91. The highest BCUT2D eigenvalue weighted by Gasteiger charge is 2.30. The van der Waals surface area contributed by atoms with Crippen LogP contribution < -0.4 is 5.32 Å². The molecule has 7 heteroatoms. The first-order valence-corrected chi connectivity index (χ1v) is 11.1. The summed E-state index contributed by atoms with van der Waals surface area (Å²) in [6.45, 7) is 7.75. The number of carbonyl (C=O) groups is 1. The first-order valence-electron chi connectivity index (χ1n) is 9.59. The number of sulfone groups is 1. The van der Waals surface area contributed by atoms with Crippen LogP contribution in [-0.2, 0) is 21.2 Å². The molecule has 0 fully saturated rings. The summed E-state index contributed by atoms with van der Waals surface area (Å²) in [5.41, 5.74) is 2.35. The molecule has 2 heterocycles. The largest absolute Gasteiger partial charge is 0.467 e. The summed E-state index contributed by atoms with van der Waals surface area (Å²) in [5, 5.41) is 2.84. The van der Waals surface area contributed by atoms with Gasteiger partial charge in [0.25, 0.3) is 0 Å². The Hall–Kier alpha value is -2.80. The molecule has 3 aromatic rings. The summed E-state index contributed by atoms with van der Waals surface area (Å²) >= 11 is 0. The average Bonchev–Trinajstić information content (AvgIpc) is 3.25. The Morgan fingerprint density at radius 3 is 2.38 bits per heavy atom. The predicted molar refractivity (Wildman–Crippen MR) is 112 cm³/mol. The van der Waals surface area contributed by atoms with Gasteiger partial charge in [0.2, 0.25) is 15.7 Å². The van der Waals surface area contributed by atoms with Gasteiger partial charge in [0, 0.05) is 12.1 Å². The average molecular weight is 415 g/mol. The summed E-state index contributed by atoms with van der Waals surface area (Å²) in [6, 6.07) is 10.3. The fraction of sp³-hybridized carbons (Fsp3) is 0.318. The number of aryl methyl sites for hydroxylation is 1. The van der Waals surface area contributed by atoms with Crippen molar-refractivity contribution in [2.24, 2.45) is 0 Å². The zero-order valence-corrected chi connectivity index (χ0v) is 18.0. The lowest BCUT2D eigenvalue weighted by atomic mass is 10.2. The van der Waals surface area contributed by atoms with Crippen molar-refractivity contribution in [3.05, 3.63) is 65.2 Å². The van der Waals surface area contributed by atoms with E-state index in [1.165, 1.54) is 0 Å². The van der Waals surface area contributed by atoms with E-state index < -0.39 is 9.84 Å². The molecule has 0 bridgehead atoms. The number of nitrogens with one attached hydrogen (secondary N) is 1. The van der Waals surface area contributed by atoms with Crippen molar-refractivity contribution in [2.75, 3.05) is 5.32 Å². The molecule has 3 rings (SSSR count). The van der Waals surface area contributed by atoms with E-state index in [0.29, 0.717) is 30.7 Å². The van der Waals surface area contributed by atoms with Crippen LogP contribution in [0.3, 0.4) is 0 Å². The Balaban J connectivity index is 2.19. The molecule has 1 amide bonds. The molecule has 2 aromatic heterocycles. The lowest BCUT2D eigenvalue weighted by Gasteiger charge is -2.13. The highest BCUT2D eigenvalue weighted by Crippen LogP contribution is 2.36. The van der Waals surface area contributed by atoms with E-state index in [0.717, 1.165) is 11.3 Å². The third-order valence-corrected chi connectivity index (χ3v) is 6.93. The van der Waals surface area contributed by atoms with Crippen LogP contribution in [0, 0.1) is 20.8 Å². The summed E-state index contributed by atoms with van der Waals surface area (Å²) < 4.78 is 34.3. The molecule has 29 heavy (non-hydrogen) atoms. The second-order valence-corrected chi connectivity index (χ2v) is 9.05. The van der Waals surface area contributed by atoms with Gasteiger partial charge in [-0.05, 0) is 57.0 Å². The van der Waals surface area contributed by atoms with E-state index in [-0.39, 0.29) is 21.5 Å². The van der Waals surface area contributed by atoms with Crippen molar-refractivity contribution in [3.8, 4) is 0 Å². The maximum atomic E-state index is 13.5. The zero-order valence-electron chi connectivity index (χ0n) is 17.2. The van der Waals surface area contributed by atoms with E-state index >= 15 is 0 Å². The van der Waals surface area contributed by atoms with Gasteiger partial charge in [0.05, 0.1) is 17.7 Å². The zero-order chi connectivity index (χ0) is 21.2. The molecule has 0 saturated heterocycles. The van der Waals surface area contributed by atoms with Crippen LogP contribution in [0.2, 0.25) is 0 Å². The Labute approximate surface area is 171 Å². The lowest BCUT2D eigenvalue weighted by molar-refractivity contribution is -0.116. The van der Waals surface area contributed by atoms with Crippen LogP contribution in [0.25, 0.3) is 0 Å². The summed E-state index contributed by atoms with van der Waals surface area (Å²) in [7, 11) is -3.82. The summed E-state index contributed by atoms with van der Waals surface area (Å²) in [6.07, 6.45) is 2.55. The van der Waals surface area contributed by atoms with E-state index in [4.69, 9.17) is 4.42 Å². The molecule has 0 saturated carbocycles. The fourth-order valence-corrected chi connectivity index (χ4v) is 5.00. The van der Waals surface area contributed by atoms with E-state index in [2.05, 4.69) is 5.32 Å². The second kappa shape index (κ2) is 8.29. The van der Waals surface area contributed by atoms with Crippen molar-refractivity contribution < 1.29 is 17.6 Å². The summed E-state index contributed by atoms with van der Waals surface area (Å²) in [4.78, 5) is 12.7. The van der Waals surface area contributed by atoms with Crippen molar-refractivity contribution in [1.29, 1.82) is 0 Å². The van der Waals surface area contributed by atoms with Crippen molar-refractivity contribution in [2.45, 2.75) is 56.9 Å². The van der Waals surface area contributed by atoms with Crippen molar-refractivity contribution in [1.82, 2.24) is 4.57 Å². The van der Waals surface area contributed by atoms with Gasteiger partial charge in [-0.1, -0.05) is 24.6 Å². The number of aromatic nitrogens is 1. The third-order valence-electron chi connectivity index (χ3n) is 5.00. The lowest BCUT2D eigenvalue weighted by Crippen LogP contribution is -2.17. The minimum atomic E-state index is -3.82. The molecule has 0 aliphatic rings. The normalized spacial score (nSPS) is 11.6. The van der Waals surface area contributed by atoms with Crippen LogP contribution in [0.5, 0.6) is 0 Å². The Morgan fingerprint density at radius 2 is 1.79 bits per heavy atom. The Bertz CT molecular complexity index is 1110. The molecule has 0 aliphatic carbocycles. The van der Waals surface area contributed by atoms with Gasteiger partial charge < -0.3 is 14.3 Å². The number of carbonyl (C=O) groups excluding carboxylic acids is 1. The number of rotatable bonds is 7. The Kier molecular flexibility index (Phi) is 5.98. The molecule has 1 aromatic carbocycles. The molecule has 0 atom stereocenters. The maximum absolute atomic E-state index is 13.5. The van der Waals surface area contributed by atoms with Crippen molar-refractivity contribution >= 4 is 21.6 Å². The molecule has 154 valence electrons. The van der Waals surface area contributed by atoms with Gasteiger partial charge in [-0.25, -0.2) is 8.42 Å². The molecule has 0 aliphatic heterocycles. The molecule has 0 unspecified atom stereocenters. The topological polar surface area (TPSA) is 81.3 Å². The fourth-order valence-electron chi connectivity index (χ4n) is 3.30. The monoisotopic (exact) mass is 414 g/mol. The smallest absolute Gasteiger partial charge is 0.225 e. The van der Waals surface area contributed by atoms with Crippen molar-refractivity contribution in [3.63, 3.8) is 0 Å². The number of furan rings is 1. The van der Waals surface area contributed by atoms with Gasteiger partial charge in [-0.3, -0.25) is 4.79 Å². The molecular weight excluding hydrogens is 388 g/mol. The number of anilines is 1. The third kappa shape index (κ3) is 4.15. The van der Waals surface area contributed by atoms with Crippen LogP contribution in [0.1, 0.15) is 42.3 Å². The molecular formula is C22H26N2O4S. The van der Waals surface area contributed by atoms with Crippen LogP contribution in [0.15, 0.2) is 56.9 Å². The maximum Gasteiger partial charge on any atom is 0.225 e. The molecule has 0 spiro atoms. The van der Waals surface area contributed by atoms with E-state index in [1.54, 1.807) is 48.1 Å². The second-order valence-electron chi connectivity index (χ2n) is 7.17. The van der Waals surface area contributed by atoms with Gasteiger partial charge in [-0.2, -0.15) is 0 Å². The summed E-state index contributed by atoms with van der Waals surface area (Å²) in [5.74, 6) is 0.745. The van der Waals surface area contributed by atoms with E-state index in [1.807, 2.05) is 26.8 Å². The Morgan fingerprint density at radius 1 is 1.10 bits per heavy atom. The highest BCUT2D eigenvalue weighted by atomic mass is 32.2. The minimum absolute atomic E-state index is 0.134. The van der Waals surface area contributed by atoms with Gasteiger partial charge in [-0.15, -0.1) is 0 Å². The van der Waals surface area contributed by atoms with Crippen LogP contribution >= 0.6 is 0 Å². The van der Waals surface area contributed by atoms with Crippen LogP contribution in [-0.4, -0.2) is 18.9 Å². The number of amides is 1. The van der Waals surface area contributed by atoms with Gasteiger partial charge >= 0.3 is 0 Å². The SMILES string of the molecule is CCCC(=O)Nc1c(S(=O)(=O)c2ccc(C)cc2)c(C)c(C)n1Cc1ccco1. The predicted octanol–water partition coefficient (Wildman–Crippen LogP) is 4.63. The standard InChI is InChI=1S/C22H26N2O4S/c1-5-7-20(25)23-22-21(29(26,27)19-11-9-15(2)10-12-19)16(3)17(4)24(22)14-18-8-6-13-28-18/h6,8-13H,5,7,14H2,1-4H3,(H,23,25). The number of benzene rings is 1.